The molecule has 4 nitrogen and oxygen atoms in total. The van der Waals surface area contributed by atoms with E-state index in [1.54, 1.807) is 25.4 Å². The molecule has 1 aliphatic rings. The number of alkyl halides is 1. The van der Waals surface area contributed by atoms with Crippen LogP contribution in [0, 0.1) is 0 Å². The van der Waals surface area contributed by atoms with Gasteiger partial charge in [-0.2, -0.15) is 0 Å². The fourth-order valence-corrected chi connectivity index (χ4v) is 3.17. The zero-order valence-electron chi connectivity index (χ0n) is 12.4. The number of aryl methyl sites for hydroxylation is 1. The lowest BCUT2D eigenvalue weighted by Gasteiger charge is -2.13. The van der Waals surface area contributed by atoms with Gasteiger partial charge in [-0.1, -0.05) is 6.07 Å². The number of pyridine rings is 1. The second-order valence-electron chi connectivity index (χ2n) is 5.54. The number of ether oxygens (including phenoxy) is 1. The number of nitrogens with zero attached hydrogens (tertiary/aromatic N) is 2. The van der Waals surface area contributed by atoms with Gasteiger partial charge in [0.25, 0.3) is 0 Å². The van der Waals surface area contributed by atoms with E-state index < -0.39 is 12.2 Å². The molecule has 0 saturated heterocycles. The molecule has 1 N–H and O–H groups in total. The Balaban J connectivity index is 1.85. The molecule has 3 heterocycles. The Morgan fingerprint density at radius 1 is 1.27 bits per heavy atom. The Morgan fingerprint density at radius 2 is 2.14 bits per heavy atom. The van der Waals surface area contributed by atoms with Gasteiger partial charge in [0, 0.05) is 41.5 Å². The minimum Gasteiger partial charge on any atom is -0.497 e. The third-order valence-corrected chi connectivity index (χ3v) is 4.28. The topological polar surface area (TPSA) is 39.1 Å². The van der Waals surface area contributed by atoms with Crippen LogP contribution in [0.25, 0.3) is 10.9 Å². The van der Waals surface area contributed by atoms with Crippen LogP contribution >= 0.6 is 0 Å². The first-order chi connectivity index (χ1) is 10.7. The first kappa shape index (κ1) is 13.1. The van der Waals surface area contributed by atoms with Crippen LogP contribution in [0.5, 0.6) is 5.75 Å². The van der Waals surface area contributed by atoms with Crippen LogP contribution in [0.3, 0.4) is 0 Å². The fraction of sp³-hybridized carbons (Fsp3) is 0.235. The molecule has 0 saturated carbocycles. The summed E-state index contributed by atoms with van der Waals surface area (Å²) in [5.74, 6) is 1.39. The molecule has 4 rings (SSSR count). The predicted octanol–water partition coefficient (Wildman–Crippen LogP) is 3.76. The van der Waals surface area contributed by atoms with Crippen molar-refractivity contribution in [3.05, 3.63) is 53.9 Å². The number of fused-ring (bicyclic) bond motifs is 2. The summed E-state index contributed by atoms with van der Waals surface area (Å²) in [5, 5.41) is 4.20. The molecule has 0 radical (unpaired) electrons. The summed E-state index contributed by atoms with van der Waals surface area (Å²) < 4.78 is 22.2. The van der Waals surface area contributed by atoms with Crippen LogP contribution in [-0.2, 0) is 7.05 Å². The Kier molecular flexibility index (Phi) is 2.82. The Bertz CT molecular complexity index is 858. The molecule has 22 heavy (non-hydrogen) atoms. The molecule has 5 heteroatoms. The van der Waals surface area contributed by atoms with Gasteiger partial charge in [-0.25, -0.2) is 9.37 Å². The van der Waals surface area contributed by atoms with Crippen LogP contribution < -0.4 is 10.1 Å². The second-order valence-corrected chi connectivity index (χ2v) is 5.54. The Labute approximate surface area is 127 Å². The van der Waals surface area contributed by atoms with Gasteiger partial charge in [0.15, 0.2) is 6.17 Å². The SMILES string of the molecule is COc1ccc2c(c1)c(C1Nc3ncccc3C1F)cn2C. The molecule has 2 atom stereocenters. The number of methoxy groups -OCH3 is 1. The van der Waals surface area contributed by atoms with E-state index in [2.05, 4.69) is 10.3 Å². The maximum atomic E-state index is 14.8. The predicted molar refractivity (Wildman–Crippen MR) is 83.9 cm³/mol. The monoisotopic (exact) mass is 297 g/mol. The van der Waals surface area contributed by atoms with E-state index >= 15 is 0 Å². The van der Waals surface area contributed by atoms with Crippen molar-refractivity contribution in [2.75, 3.05) is 12.4 Å². The van der Waals surface area contributed by atoms with Crippen molar-refractivity contribution >= 4 is 16.7 Å². The number of nitrogens with one attached hydrogen (secondary N) is 1. The zero-order valence-corrected chi connectivity index (χ0v) is 12.4. The van der Waals surface area contributed by atoms with Gasteiger partial charge in [-0.05, 0) is 24.3 Å². The van der Waals surface area contributed by atoms with Gasteiger partial charge < -0.3 is 14.6 Å². The van der Waals surface area contributed by atoms with Crippen molar-refractivity contribution < 1.29 is 9.13 Å². The van der Waals surface area contributed by atoms with Crippen molar-refractivity contribution in [3.8, 4) is 5.75 Å². The van der Waals surface area contributed by atoms with E-state index in [0.717, 1.165) is 22.2 Å². The van der Waals surface area contributed by atoms with Gasteiger partial charge in [-0.15, -0.1) is 0 Å². The van der Waals surface area contributed by atoms with Crippen LogP contribution in [0.15, 0.2) is 42.7 Å². The normalized spacial score (nSPS) is 20.0. The molecule has 112 valence electrons. The van der Waals surface area contributed by atoms with Crippen molar-refractivity contribution in [1.82, 2.24) is 9.55 Å². The molecule has 2 unspecified atom stereocenters. The minimum atomic E-state index is -1.11. The van der Waals surface area contributed by atoms with E-state index in [0.29, 0.717) is 11.4 Å². The number of anilines is 1. The lowest BCUT2D eigenvalue weighted by Crippen LogP contribution is -2.08. The quantitative estimate of drug-likeness (QED) is 0.783. The van der Waals surface area contributed by atoms with Crippen LogP contribution in [-0.4, -0.2) is 16.7 Å². The highest BCUT2D eigenvalue weighted by Crippen LogP contribution is 2.46. The average molecular weight is 297 g/mol. The molecule has 0 amide bonds. The van der Waals surface area contributed by atoms with E-state index in [1.807, 2.05) is 36.0 Å². The lowest BCUT2D eigenvalue weighted by atomic mass is 10.0. The van der Waals surface area contributed by atoms with Gasteiger partial charge >= 0.3 is 0 Å². The number of hydrogen-bond donors (Lipinski definition) is 1. The Morgan fingerprint density at radius 3 is 2.91 bits per heavy atom. The van der Waals surface area contributed by atoms with Crippen LogP contribution in [0.1, 0.15) is 23.3 Å². The molecule has 0 fully saturated rings. The maximum Gasteiger partial charge on any atom is 0.153 e. The van der Waals surface area contributed by atoms with E-state index in [9.17, 15) is 4.39 Å². The number of hydrogen-bond acceptors (Lipinski definition) is 3. The second kappa shape index (κ2) is 4.73. The highest BCUT2D eigenvalue weighted by atomic mass is 19.1. The van der Waals surface area contributed by atoms with Gasteiger partial charge in [0.2, 0.25) is 0 Å². The van der Waals surface area contributed by atoms with Crippen molar-refractivity contribution in [2.24, 2.45) is 7.05 Å². The summed E-state index contributed by atoms with van der Waals surface area (Å²) >= 11 is 0. The number of halogens is 1. The number of rotatable bonds is 2. The fourth-order valence-electron chi connectivity index (χ4n) is 3.17. The molecule has 1 aromatic carbocycles. The first-order valence-electron chi connectivity index (χ1n) is 7.17. The van der Waals surface area contributed by atoms with Crippen molar-refractivity contribution in [3.63, 3.8) is 0 Å². The maximum absolute atomic E-state index is 14.8. The first-order valence-corrected chi connectivity index (χ1v) is 7.17. The van der Waals surface area contributed by atoms with E-state index in [4.69, 9.17) is 4.74 Å². The molecule has 2 aromatic heterocycles. The van der Waals surface area contributed by atoms with E-state index in [1.165, 1.54) is 0 Å². The standard InChI is InChI=1S/C17H16FN3O/c1-21-9-13(12-8-10(22-2)5-6-14(12)21)16-15(18)11-4-3-7-19-17(11)20-16/h3-9,15-16H,1-2H3,(H,19,20). The molecular weight excluding hydrogens is 281 g/mol. The average Bonchev–Trinajstić information content (AvgIpc) is 3.05. The molecule has 0 aliphatic carbocycles. The summed E-state index contributed by atoms with van der Waals surface area (Å²) in [7, 11) is 3.60. The smallest absolute Gasteiger partial charge is 0.153 e. The summed E-state index contributed by atoms with van der Waals surface area (Å²) in [6, 6.07) is 8.98. The van der Waals surface area contributed by atoms with Gasteiger partial charge in [0.1, 0.15) is 11.6 Å². The highest BCUT2D eigenvalue weighted by molar-refractivity contribution is 5.86. The minimum absolute atomic E-state index is 0.430. The Hall–Kier alpha value is -2.56. The molecule has 0 spiro atoms. The summed E-state index contributed by atoms with van der Waals surface area (Å²) in [6.07, 6.45) is 2.54. The third kappa shape index (κ3) is 1.78. The summed E-state index contributed by atoms with van der Waals surface area (Å²) in [5.41, 5.74) is 2.59. The zero-order chi connectivity index (χ0) is 15.3. The third-order valence-electron chi connectivity index (χ3n) is 4.28. The molecule has 1 aliphatic heterocycles. The molecule has 3 aromatic rings. The number of benzene rings is 1. The van der Waals surface area contributed by atoms with Gasteiger partial charge in [0.05, 0.1) is 13.2 Å². The molecular formula is C17H16FN3O. The van der Waals surface area contributed by atoms with Crippen molar-refractivity contribution in [2.45, 2.75) is 12.2 Å². The van der Waals surface area contributed by atoms with Crippen LogP contribution in [0.2, 0.25) is 0 Å². The number of aromatic nitrogens is 2. The summed E-state index contributed by atoms with van der Waals surface area (Å²) in [4.78, 5) is 4.22. The van der Waals surface area contributed by atoms with Crippen LogP contribution in [0.4, 0.5) is 10.2 Å². The summed E-state index contributed by atoms with van der Waals surface area (Å²) in [6.45, 7) is 0. The molecule has 0 bridgehead atoms. The van der Waals surface area contributed by atoms with Crippen molar-refractivity contribution in [1.29, 1.82) is 0 Å². The van der Waals surface area contributed by atoms with E-state index in [-0.39, 0.29) is 0 Å². The lowest BCUT2D eigenvalue weighted by molar-refractivity contribution is 0.320. The highest BCUT2D eigenvalue weighted by Gasteiger charge is 2.35. The largest absolute Gasteiger partial charge is 0.497 e. The van der Waals surface area contributed by atoms with Gasteiger partial charge in [-0.3, -0.25) is 0 Å².